The van der Waals surface area contributed by atoms with Crippen molar-refractivity contribution in [3.05, 3.63) is 104 Å². The molecule has 0 atom stereocenters. The number of aryl methyl sites for hydroxylation is 1. The number of fused-ring (bicyclic) bond motifs is 1. The van der Waals surface area contributed by atoms with Gasteiger partial charge < -0.3 is 9.47 Å². The van der Waals surface area contributed by atoms with Crippen molar-refractivity contribution in [2.75, 3.05) is 0 Å². The van der Waals surface area contributed by atoms with Gasteiger partial charge in [0.2, 0.25) is 5.78 Å². The molecule has 150 valence electrons. The molecule has 1 aliphatic heterocycles. The van der Waals surface area contributed by atoms with Crippen molar-refractivity contribution in [3.63, 3.8) is 0 Å². The van der Waals surface area contributed by atoms with Gasteiger partial charge in [-0.2, -0.15) is 0 Å². The highest BCUT2D eigenvalue weighted by atomic mass is 35.5. The number of carbonyl (C=O) groups is 1. The van der Waals surface area contributed by atoms with E-state index in [1.54, 1.807) is 36.4 Å². The lowest BCUT2D eigenvalue weighted by Gasteiger charge is -2.09. The van der Waals surface area contributed by atoms with E-state index in [1.165, 1.54) is 12.1 Å². The van der Waals surface area contributed by atoms with E-state index in [-0.39, 0.29) is 17.2 Å². The molecule has 0 aliphatic carbocycles. The number of rotatable bonds is 5. The highest BCUT2D eigenvalue weighted by Gasteiger charge is 2.30. The molecule has 0 radical (unpaired) electrons. The van der Waals surface area contributed by atoms with E-state index in [9.17, 15) is 14.9 Å². The van der Waals surface area contributed by atoms with Crippen molar-refractivity contribution >= 4 is 29.1 Å². The Balaban J connectivity index is 1.55. The van der Waals surface area contributed by atoms with Gasteiger partial charge >= 0.3 is 0 Å². The highest BCUT2D eigenvalue weighted by molar-refractivity contribution is 6.30. The van der Waals surface area contributed by atoms with E-state index in [1.807, 2.05) is 25.1 Å². The van der Waals surface area contributed by atoms with Crippen LogP contribution in [-0.4, -0.2) is 10.7 Å². The Hall–Kier alpha value is -3.64. The van der Waals surface area contributed by atoms with Crippen LogP contribution >= 0.6 is 11.6 Å². The summed E-state index contributed by atoms with van der Waals surface area (Å²) in [5.41, 5.74) is 2.77. The Kier molecular flexibility index (Phi) is 5.25. The molecule has 0 saturated heterocycles. The van der Waals surface area contributed by atoms with Crippen LogP contribution in [0, 0.1) is 17.0 Å². The van der Waals surface area contributed by atoms with Gasteiger partial charge in [0.15, 0.2) is 5.76 Å². The van der Waals surface area contributed by atoms with Crippen molar-refractivity contribution < 1.29 is 19.2 Å². The number of nitro groups is 1. The van der Waals surface area contributed by atoms with Gasteiger partial charge in [-0.05, 0) is 60.0 Å². The molecule has 0 bridgehead atoms. The maximum atomic E-state index is 12.8. The number of carbonyl (C=O) groups excluding carboxylic acids is 1. The lowest BCUT2D eigenvalue weighted by molar-refractivity contribution is -0.384. The number of allylic oxidation sites excluding steroid dienone is 1. The lowest BCUT2D eigenvalue weighted by atomic mass is 10.0. The predicted molar refractivity (Wildman–Crippen MR) is 113 cm³/mol. The van der Waals surface area contributed by atoms with Gasteiger partial charge in [0.05, 0.1) is 10.5 Å². The van der Waals surface area contributed by atoms with Crippen LogP contribution in [0.5, 0.6) is 11.5 Å². The SMILES string of the molecule is Cc1cc(OCc2cccc(Cl)c2)cc2c1C(=O)/C(=C/c1ccc([N+](=O)[O-])cc1)O2. The normalized spacial score (nSPS) is 13.8. The third-order valence-corrected chi connectivity index (χ3v) is 4.87. The summed E-state index contributed by atoms with van der Waals surface area (Å²) in [5, 5.41) is 11.4. The minimum atomic E-state index is -0.474. The molecule has 0 fully saturated rings. The molecule has 1 aliphatic rings. The van der Waals surface area contributed by atoms with Gasteiger partial charge in [0, 0.05) is 23.2 Å². The predicted octanol–water partition coefficient (Wildman–Crippen LogP) is 5.75. The molecule has 0 unspecified atom stereocenters. The van der Waals surface area contributed by atoms with Gasteiger partial charge in [-0.25, -0.2) is 0 Å². The van der Waals surface area contributed by atoms with E-state index in [4.69, 9.17) is 21.1 Å². The second-order valence-electron chi connectivity index (χ2n) is 6.82. The Morgan fingerprint density at radius 3 is 2.60 bits per heavy atom. The monoisotopic (exact) mass is 421 g/mol. The minimum Gasteiger partial charge on any atom is -0.489 e. The first kappa shape index (κ1) is 19.7. The summed E-state index contributed by atoms with van der Waals surface area (Å²) < 4.78 is 11.6. The first-order valence-electron chi connectivity index (χ1n) is 9.11. The van der Waals surface area contributed by atoms with Crippen LogP contribution in [0.3, 0.4) is 0 Å². The number of nitro benzene ring substituents is 1. The average Bonchev–Trinajstić information content (AvgIpc) is 3.02. The Bertz CT molecular complexity index is 1180. The lowest BCUT2D eigenvalue weighted by Crippen LogP contribution is -2.00. The van der Waals surface area contributed by atoms with Crippen LogP contribution in [0.2, 0.25) is 5.02 Å². The average molecular weight is 422 g/mol. The van der Waals surface area contributed by atoms with Crippen LogP contribution in [0.15, 0.2) is 66.4 Å². The molecule has 0 spiro atoms. The van der Waals surface area contributed by atoms with Crippen molar-refractivity contribution in [2.45, 2.75) is 13.5 Å². The van der Waals surface area contributed by atoms with Gasteiger partial charge in [-0.15, -0.1) is 0 Å². The number of non-ortho nitro benzene ring substituents is 1. The number of ketones is 1. The van der Waals surface area contributed by atoms with Crippen LogP contribution in [0.25, 0.3) is 6.08 Å². The van der Waals surface area contributed by atoms with Crippen molar-refractivity contribution in [1.29, 1.82) is 0 Å². The number of hydrogen-bond acceptors (Lipinski definition) is 5. The highest BCUT2D eigenvalue weighted by Crippen LogP contribution is 2.37. The second-order valence-corrected chi connectivity index (χ2v) is 7.26. The number of hydrogen-bond donors (Lipinski definition) is 0. The largest absolute Gasteiger partial charge is 0.489 e. The molecular formula is C23H16ClNO5. The smallest absolute Gasteiger partial charge is 0.269 e. The molecule has 3 aromatic carbocycles. The number of nitrogens with zero attached hydrogens (tertiary/aromatic N) is 1. The van der Waals surface area contributed by atoms with E-state index >= 15 is 0 Å². The molecule has 6 nitrogen and oxygen atoms in total. The van der Waals surface area contributed by atoms with Crippen LogP contribution in [0.1, 0.15) is 27.0 Å². The summed E-state index contributed by atoms with van der Waals surface area (Å²) in [6, 6.07) is 16.8. The van der Waals surface area contributed by atoms with Crippen molar-refractivity contribution in [2.24, 2.45) is 0 Å². The molecule has 4 rings (SSSR count). The first-order valence-corrected chi connectivity index (χ1v) is 9.49. The van der Waals surface area contributed by atoms with Crippen molar-refractivity contribution in [1.82, 2.24) is 0 Å². The maximum Gasteiger partial charge on any atom is 0.269 e. The number of halogens is 1. The number of ether oxygens (including phenoxy) is 2. The Labute approximate surface area is 177 Å². The minimum absolute atomic E-state index is 0.0172. The zero-order valence-corrected chi connectivity index (χ0v) is 16.7. The van der Waals surface area contributed by atoms with E-state index in [0.29, 0.717) is 34.3 Å². The first-order chi connectivity index (χ1) is 14.4. The maximum absolute atomic E-state index is 12.8. The number of benzene rings is 3. The van der Waals surface area contributed by atoms with Crippen LogP contribution in [-0.2, 0) is 6.61 Å². The summed E-state index contributed by atoms with van der Waals surface area (Å²) in [6.07, 6.45) is 1.57. The third kappa shape index (κ3) is 4.04. The number of Topliss-reactive ketones (excluding diaryl/α,β-unsaturated/α-hetero) is 1. The van der Waals surface area contributed by atoms with E-state index < -0.39 is 4.92 Å². The Morgan fingerprint density at radius 2 is 1.90 bits per heavy atom. The topological polar surface area (TPSA) is 78.7 Å². The summed E-state index contributed by atoms with van der Waals surface area (Å²) >= 11 is 6.00. The molecule has 7 heteroatoms. The second kappa shape index (κ2) is 8.00. The zero-order chi connectivity index (χ0) is 21.3. The summed E-state index contributed by atoms with van der Waals surface area (Å²) in [6.45, 7) is 2.15. The van der Waals surface area contributed by atoms with Gasteiger partial charge in [-0.3, -0.25) is 14.9 Å². The van der Waals surface area contributed by atoms with Crippen molar-refractivity contribution in [3.8, 4) is 11.5 Å². The molecule has 0 N–H and O–H groups in total. The zero-order valence-electron chi connectivity index (χ0n) is 15.9. The summed E-state index contributed by atoms with van der Waals surface area (Å²) in [7, 11) is 0. The molecule has 0 amide bonds. The molecule has 1 heterocycles. The standard InChI is InChI=1S/C23H16ClNO5/c1-14-9-19(29-13-16-3-2-4-17(24)10-16)12-20-22(14)23(26)21(30-20)11-15-5-7-18(8-6-15)25(27)28/h2-12H,13H2,1H3/b21-11-. The molecule has 30 heavy (non-hydrogen) atoms. The fourth-order valence-electron chi connectivity index (χ4n) is 3.20. The molecule has 0 aromatic heterocycles. The van der Waals surface area contributed by atoms with Gasteiger partial charge in [0.25, 0.3) is 5.69 Å². The van der Waals surface area contributed by atoms with Crippen LogP contribution < -0.4 is 9.47 Å². The van der Waals surface area contributed by atoms with Gasteiger partial charge in [0.1, 0.15) is 18.1 Å². The van der Waals surface area contributed by atoms with Gasteiger partial charge in [-0.1, -0.05) is 23.7 Å². The Morgan fingerprint density at radius 1 is 1.13 bits per heavy atom. The fourth-order valence-corrected chi connectivity index (χ4v) is 3.41. The fraction of sp³-hybridized carbons (Fsp3) is 0.0870. The van der Waals surface area contributed by atoms with E-state index in [0.717, 1.165) is 11.1 Å². The molecule has 3 aromatic rings. The molecular weight excluding hydrogens is 406 g/mol. The third-order valence-electron chi connectivity index (χ3n) is 4.64. The summed E-state index contributed by atoms with van der Waals surface area (Å²) in [5.74, 6) is 0.932. The van der Waals surface area contributed by atoms with E-state index in [2.05, 4.69) is 0 Å². The quantitative estimate of drug-likeness (QED) is 0.297. The van der Waals surface area contributed by atoms with Crippen LogP contribution in [0.4, 0.5) is 5.69 Å². The molecule has 0 saturated carbocycles. The summed E-state index contributed by atoms with van der Waals surface area (Å²) in [4.78, 5) is 23.1.